The van der Waals surface area contributed by atoms with E-state index in [2.05, 4.69) is 19.9 Å². The van der Waals surface area contributed by atoms with E-state index in [1.807, 2.05) is 60.7 Å². The van der Waals surface area contributed by atoms with E-state index in [0.717, 1.165) is 11.1 Å². The highest BCUT2D eigenvalue weighted by molar-refractivity contribution is 5.92. The molecule has 0 amide bonds. The zero-order chi connectivity index (χ0) is 19.1. The average molecular weight is 366 g/mol. The second kappa shape index (κ2) is 6.28. The molecule has 5 aromatic rings. The first-order chi connectivity index (χ1) is 13.7. The number of rotatable bonds is 2. The van der Waals surface area contributed by atoms with Gasteiger partial charge in [0, 0.05) is 11.1 Å². The van der Waals surface area contributed by atoms with E-state index in [4.69, 9.17) is 0 Å². The number of nitrogens with one attached hydrogen (secondary N) is 2. The maximum Gasteiger partial charge on any atom is 0.274 e. The van der Waals surface area contributed by atoms with E-state index in [9.17, 15) is 9.59 Å². The van der Waals surface area contributed by atoms with Crippen molar-refractivity contribution in [1.29, 1.82) is 0 Å². The van der Waals surface area contributed by atoms with Crippen molar-refractivity contribution in [2.75, 3.05) is 0 Å². The highest BCUT2D eigenvalue weighted by Crippen LogP contribution is 2.21. The Kier molecular flexibility index (Phi) is 3.62. The molecule has 0 saturated carbocycles. The Bertz CT molecular complexity index is 1330. The van der Waals surface area contributed by atoms with E-state index in [1.165, 1.54) is 0 Å². The van der Waals surface area contributed by atoms with Crippen LogP contribution in [0.2, 0.25) is 0 Å². The molecule has 0 atom stereocenters. The van der Waals surface area contributed by atoms with Crippen molar-refractivity contribution in [3.8, 4) is 22.5 Å². The van der Waals surface area contributed by atoms with Gasteiger partial charge in [-0.15, -0.1) is 0 Å². The van der Waals surface area contributed by atoms with Gasteiger partial charge in [-0.05, 0) is 12.1 Å². The molecular weight excluding hydrogens is 352 g/mol. The molecule has 0 radical (unpaired) electrons. The van der Waals surface area contributed by atoms with E-state index >= 15 is 0 Å². The molecule has 0 fully saturated rings. The van der Waals surface area contributed by atoms with Crippen LogP contribution in [-0.4, -0.2) is 19.9 Å². The minimum atomic E-state index is -0.272. The molecule has 5 rings (SSSR count). The van der Waals surface area contributed by atoms with Crippen molar-refractivity contribution in [3.05, 3.63) is 93.5 Å². The van der Waals surface area contributed by atoms with Gasteiger partial charge in [0.1, 0.15) is 11.4 Å². The van der Waals surface area contributed by atoms with Gasteiger partial charge in [-0.3, -0.25) is 9.59 Å². The highest BCUT2D eigenvalue weighted by Gasteiger charge is 2.11. The molecule has 6 heteroatoms. The molecule has 0 aliphatic heterocycles. The summed E-state index contributed by atoms with van der Waals surface area (Å²) >= 11 is 0. The number of fused-ring (bicyclic) bond motifs is 2. The minimum absolute atomic E-state index is 0.272. The SMILES string of the molecule is O=c1[nH]c2cc3nc(-c4ccccc4)c(=O)[nH]c3cc2nc1-c1ccccc1. The summed E-state index contributed by atoms with van der Waals surface area (Å²) < 4.78 is 0. The monoisotopic (exact) mass is 366 g/mol. The third kappa shape index (κ3) is 2.68. The van der Waals surface area contributed by atoms with Gasteiger partial charge in [-0.25, -0.2) is 9.97 Å². The first kappa shape index (κ1) is 16.1. The van der Waals surface area contributed by atoms with Gasteiger partial charge in [-0.1, -0.05) is 60.7 Å². The van der Waals surface area contributed by atoms with Gasteiger partial charge in [0.25, 0.3) is 11.1 Å². The molecule has 2 heterocycles. The van der Waals surface area contributed by atoms with Crippen LogP contribution in [-0.2, 0) is 0 Å². The summed E-state index contributed by atoms with van der Waals surface area (Å²) in [5.74, 6) is 0. The van der Waals surface area contributed by atoms with Gasteiger partial charge >= 0.3 is 0 Å². The van der Waals surface area contributed by atoms with E-state index in [1.54, 1.807) is 12.1 Å². The standard InChI is InChI=1S/C22H14N4O2/c27-21-19(13-7-3-1-4-8-13)23-15-11-18-16(12-17(15)25-21)24-20(22(28)26-18)14-9-5-2-6-10-14/h1-12H,(H,25,27)(H,26,28). The number of H-pyrrole nitrogens is 2. The molecular formula is C22H14N4O2. The van der Waals surface area contributed by atoms with Crippen molar-refractivity contribution < 1.29 is 0 Å². The molecule has 3 aromatic carbocycles. The van der Waals surface area contributed by atoms with Crippen LogP contribution in [0.3, 0.4) is 0 Å². The van der Waals surface area contributed by atoms with Gasteiger partial charge in [0.05, 0.1) is 22.1 Å². The summed E-state index contributed by atoms with van der Waals surface area (Å²) in [5, 5.41) is 0. The summed E-state index contributed by atoms with van der Waals surface area (Å²) in [7, 11) is 0. The van der Waals surface area contributed by atoms with E-state index < -0.39 is 0 Å². The molecule has 0 saturated heterocycles. The van der Waals surface area contributed by atoms with Crippen LogP contribution in [0, 0.1) is 0 Å². The third-order valence-electron chi connectivity index (χ3n) is 4.60. The summed E-state index contributed by atoms with van der Waals surface area (Å²) in [6, 6.07) is 22.0. The second-order valence-electron chi connectivity index (χ2n) is 6.45. The molecule has 0 unspecified atom stereocenters. The third-order valence-corrected chi connectivity index (χ3v) is 4.60. The number of nitrogens with zero attached hydrogens (tertiary/aromatic N) is 2. The Hall–Kier alpha value is -4.06. The Labute approximate surface area is 158 Å². The first-order valence-electron chi connectivity index (χ1n) is 8.78. The number of benzene rings is 3. The summed E-state index contributed by atoms with van der Waals surface area (Å²) in [5.41, 5.74) is 3.88. The van der Waals surface area contributed by atoms with Crippen LogP contribution in [0.1, 0.15) is 0 Å². The number of aromatic nitrogens is 4. The smallest absolute Gasteiger partial charge is 0.274 e. The lowest BCUT2D eigenvalue weighted by Gasteiger charge is -2.06. The Morgan fingerprint density at radius 1 is 0.571 bits per heavy atom. The topological polar surface area (TPSA) is 91.5 Å². The van der Waals surface area contributed by atoms with E-state index in [-0.39, 0.29) is 11.1 Å². The molecule has 0 spiro atoms. The van der Waals surface area contributed by atoms with Gasteiger partial charge in [0.2, 0.25) is 0 Å². The molecule has 6 nitrogen and oxygen atoms in total. The fraction of sp³-hybridized carbons (Fsp3) is 0. The van der Waals surface area contributed by atoms with Gasteiger partial charge in [-0.2, -0.15) is 0 Å². The molecule has 28 heavy (non-hydrogen) atoms. The van der Waals surface area contributed by atoms with Gasteiger partial charge < -0.3 is 9.97 Å². The lowest BCUT2D eigenvalue weighted by Crippen LogP contribution is -2.13. The number of aromatic amines is 2. The quantitative estimate of drug-likeness (QED) is 0.468. The zero-order valence-electron chi connectivity index (χ0n) is 14.6. The molecule has 0 bridgehead atoms. The molecule has 0 aliphatic rings. The summed E-state index contributed by atoms with van der Waals surface area (Å²) in [4.78, 5) is 39.8. The molecule has 2 N–H and O–H groups in total. The summed E-state index contributed by atoms with van der Waals surface area (Å²) in [6.45, 7) is 0. The average Bonchev–Trinajstić information content (AvgIpc) is 2.73. The zero-order valence-corrected chi connectivity index (χ0v) is 14.6. The van der Waals surface area contributed by atoms with Gasteiger partial charge in [0.15, 0.2) is 0 Å². The minimum Gasteiger partial charge on any atom is -0.319 e. The predicted molar refractivity (Wildman–Crippen MR) is 109 cm³/mol. The van der Waals surface area contributed by atoms with Crippen LogP contribution in [0.25, 0.3) is 44.6 Å². The van der Waals surface area contributed by atoms with E-state index in [0.29, 0.717) is 33.5 Å². The Balaban J connectivity index is 1.75. The second-order valence-corrected chi connectivity index (χ2v) is 6.45. The van der Waals surface area contributed by atoms with Crippen LogP contribution in [0.4, 0.5) is 0 Å². The van der Waals surface area contributed by atoms with Crippen LogP contribution >= 0.6 is 0 Å². The van der Waals surface area contributed by atoms with Crippen molar-refractivity contribution in [2.24, 2.45) is 0 Å². The van der Waals surface area contributed by atoms with Crippen LogP contribution in [0.5, 0.6) is 0 Å². The normalized spacial score (nSPS) is 11.1. The molecule has 2 aromatic heterocycles. The number of hydrogen-bond donors (Lipinski definition) is 2. The predicted octanol–water partition coefficient (Wildman–Crippen LogP) is 3.49. The largest absolute Gasteiger partial charge is 0.319 e. The fourth-order valence-electron chi connectivity index (χ4n) is 3.25. The van der Waals surface area contributed by atoms with Crippen molar-refractivity contribution in [1.82, 2.24) is 19.9 Å². The van der Waals surface area contributed by atoms with Crippen LogP contribution < -0.4 is 11.1 Å². The maximum atomic E-state index is 12.5. The Morgan fingerprint density at radius 3 is 1.36 bits per heavy atom. The van der Waals surface area contributed by atoms with Crippen molar-refractivity contribution in [2.45, 2.75) is 0 Å². The highest BCUT2D eigenvalue weighted by atomic mass is 16.1. The molecule has 0 aliphatic carbocycles. The number of hydrogen-bond acceptors (Lipinski definition) is 4. The molecule has 134 valence electrons. The first-order valence-corrected chi connectivity index (χ1v) is 8.78. The van der Waals surface area contributed by atoms with Crippen LogP contribution in [0.15, 0.2) is 82.4 Å². The lowest BCUT2D eigenvalue weighted by atomic mass is 10.1. The summed E-state index contributed by atoms with van der Waals surface area (Å²) in [6.07, 6.45) is 0. The lowest BCUT2D eigenvalue weighted by molar-refractivity contribution is 1.20. The van der Waals surface area contributed by atoms with Crippen molar-refractivity contribution >= 4 is 22.1 Å². The maximum absolute atomic E-state index is 12.5. The fourth-order valence-corrected chi connectivity index (χ4v) is 3.25. The van der Waals surface area contributed by atoms with Crippen molar-refractivity contribution in [3.63, 3.8) is 0 Å². The Morgan fingerprint density at radius 2 is 0.964 bits per heavy atom.